The van der Waals surface area contributed by atoms with Gasteiger partial charge in [-0.3, -0.25) is 5.10 Å². The number of nitrogen functional groups attached to an aromatic ring is 1. The van der Waals surface area contributed by atoms with Gasteiger partial charge < -0.3 is 5.73 Å². The second-order valence-electron chi connectivity index (χ2n) is 3.81. The van der Waals surface area contributed by atoms with Crippen molar-refractivity contribution in [2.75, 3.05) is 12.0 Å². The number of hydrogen-bond donors (Lipinski definition) is 2. The molecule has 0 aliphatic rings. The third kappa shape index (κ3) is 1.70. The van der Waals surface area contributed by atoms with E-state index in [1.165, 1.54) is 6.33 Å². The summed E-state index contributed by atoms with van der Waals surface area (Å²) >= 11 is 1.57. The Hall–Kier alpha value is -2.08. The summed E-state index contributed by atoms with van der Waals surface area (Å²) in [4.78, 5) is 8.43. The fourth-order valence-electron chi connectivity index (χ4n) is 1.89. The SMILES string of the molecule is CSc1ncnc2n[nH]c(-c3cccc(N)c3)c12. The van der Waals surface area contributed by atoms with Crippen LogP contribution in [-0.2, 0) is 0 Å². The number of H-pyrrole nitrogens is 1. The quantitative estimate of drug-likeness (QED) is 0.418. The number of hydrogen-bond acceptors (Lipinski definition) is 5. The number of benzene rings is 1. The molecule has 0 saturated carbocycles. The molecule has 18 heavy (non-hydrogen) atoms. The Labute approximate surface area is 108 Å². The van der Waals surface area contributed by atoms with Gasteiger partial charge >= 0.3 is 0 Å². The van der Waals surface area contributed by atoms with Crippen LogP contribution in [0.15, 0.2) is 35.6 Å². The summed E-state index contributed by atoms with van der Waals surface area (Å²) in [7, 11) is 0. The molecule has 3 aromatic rings. The van der Waals surface area contributed by atoms with Crippen molar-refractivity contribution in [3.8, 4) is 11.3 Å². The minimum atomic E-state index is 0.673. The first-order valence-corrected chi connectivity index (χ1v) is 6.61. The lowest BCUT2D eigenvalue weighted by Gasteiger charge is -2.02. The summed E-state index contributed by atoms with van der Waals surface area (Å²) in [6.07, 6.45) is 3.51. The number of nitrogens with zero attached hydrogens (tertiary/aromatic N) is 3. The molecule has 0 spiro atoms. The molecule has 2 heterocycles. The molecule has 90 valence electrons. The van der Waals surface area contributed by atoms with Gasteiger partial charge in [-0.2, -0.15) is 5.10 Å². The maximum Gasteiger partial charge on any atom is 0.185 e. The summed E-state index contributed by atoms with van der Waals surface area (Å²) in [5.74, 6) is 0. The zero-order valence-electron chi connectivity index (χ0n) is 9.71. The highest BCUT2D eigenvalue weighted by Gasteiger charge is 2.13. The van der Waals surface area contributed by atoms with Crippen LogP contribution < -0.4 is 5.73 Å². The molecule has 3 N–H and O–H groups in total. The maximum atomic E-state index is 5.81. The van der Waals surface area contributed by atoms with Gasteiger partial charge in [-0.25, -0.2) is 9.97 Å². The first-order chi connectivity index (χ1) is 8.79. The first kappa shape index (κ1) is 11.0. The molecular formula is C12H11N5S. The molecular weight excluding hydrogens is 246 g/mol. The number of nitrogens with one attached hydrogen (secondary N) is 1. The summed E-state index contributed by atoms with van der Waals surface area (Å²) in [6.45, 7) is 0. The number of thioether (sulfide) groups is 1. The predicted octanol–water partition coefficient (Wildman–Crippen LogP) is 2.32. The van der Waals surface area contributed by atoms with Gasteiger partial charge in [0.15, 0.2) is 5.65 Å². The molecule has 0 atom stereocenters. The number of aromatic nitrogens is 4. The number of rotatable bonds is 2. The Bertz CT molecular complexity index is 707. The highest BCUT2D eigenvalue weighted by molar-refractivity contribution is 7.98. The van der Waals surface area contributed by atoms with Crippen LogP contribution in [0.3, 0.4) is 0 Å². The van der Waals surface area contributed by atoms with Gasteiger partial charge in [0.2, 0.25) is 0 Å². The van der Waals surface area contributed by atoms with E-state index in [4.69, 9.17) is 5.73 Å². The second-order valence-corrected chi connectivity index (χ2v) is 4.60. The minimum absolute atomic E-state index is 0.673. The summed E-state index contributed by atoms with van der Waals surface area (Å²) in [5.41, 5.74) is 9.10. The van der Waals surface area contributed by atoms with E-state index in [9.17, 15) is 0 Å². The molecule has 0 amide bonds. The molecule has 6 heteroatoms. The van der Waals surface area contributed by atoms with Crippen LogP contribution in [0.1, 0.15) is 0 Å². The third-order valence-corrected chi connectivity index (χ3v) is 3.38. The van der Waals surface area contributed by atoms with Gasteiger partial charge in [-0.15, -0.1) is 11.8 Å². The molecule has 0 bridgehead atoms. The monoisotopic (exact) mass is 257 g/mol. The van der Waals surface area contributed by atoms with E-state index in [2.05, 4.69) is 20.2 Å². The Balaban J connectivity index is 2.30. The average molecular weight is 257 g/mol. The van der Waals surface area contributed by atoms with Crippen molar-refractivity contribution in [1.82, 2.24) is 20.2 Å². The topological polar surface area (TPSA) is 80.5 Å². The van der Waals surface area contributed by atoms with Crippen LogP contribution in [0, 0.1) is 0 Å². The van der Waals surface area contributed by atoms with Crippen LogP contribution in [-0.4, -0.2) is 26.4 Å². The van der Waals surface area contributed by atoms with Crippen molar-refractivity contribution in [2.45, 2.75) is 5.03 Å². The lowest BCUT2D eigenvalue weighted by molar-refractivity contribution is 1.07. The summed E-state index contributed by atoms with van der Waals surface area (Å²) < 4.78 is 0. The molecule has 0 unspecified atom stereocenters. The predicted molar refractivity (Wildman–Crippen MR) is 73.3 cm³/mol. The standard InChI is InChI=1S/C12H11N5S/c1-18-12-9-10(7-3-2-4-8(13)5-7)16-17-11(9)14-6-15-12/h2-6H,13H2,1H3,(H,14,15,16,17). The number of anilines is 1. The van der Waals surface area contributed by atoms with E-state index in [0.717, 1.165) is 27.4 Å². The summed E-state index contributed by atoms with van der Waals surface area (Å²) in [6, 6.07) is 7.67. The Kier molecular flexibility index (Phi) is 2.64. The first-order valence-electron chi connectivity index (χ1n) is 5.38. The Morgan fingerprint density at radius 3 is 2.94 bits per heavy atom. The zero-order valence-corrected chi connectivity index (χ0v) is 10.5. The molecule has 1 aromatic carbocycles. The largest absolute Gasteiger partial charge is 0.399 e. The van der Waals surface area contributed by atoms with Crippen molar-refractivity contribution in [1.29, 1.82) is 0 Å². The van der Waals surface area contributed by atoms with Crippen molar-refractivity contribution >= 4 is 28.5 Å². The molecule has 3 rings (SSSR count). The number of nitrogens with two attached hydrogens (primary N) is 1. The van der Waals surface area contributed by atoms with Gasteiger partial charge in [0, 0.05) is 11.3 Å². The van der Waals surface area contributed by atoms with Gasteiger partial charge in [0.25, 0.3) is 0 Å². The van der Waals surface area contributed by atoms with E-state index in [-0.39, 0.29) is 0 Å². The fourth-order valence-corrected chi connectivity index (χ4v) is 2.44. The van der Waals surface area contributed by atoms with E-state index < -0.39 is 0 Å². The van der Waals surface area contributed by atoms with Gasteiger partial charge in [0.1, 0.15) is 11.4 Å². The van der Waals surface area contributed by atoms with Gasteiger partial charge in [-0.05, 0) is 18.4 Å². The van der Waals surface area contributed by atoms with Crippen LogP contribution in [0.2, 0.25) is 0 Å². The van der Waals surface area contributed by atoms with E-state index in [1.54, 1.807) is 11.8 Å². The van der Waals surface area contributed by atoms with Crippen molar-refractivity contribution in [3.63, 3.8) is 0 Å². The van der Waals surface area contributed by atoms with Gasteiger partial charge in [-0.1, -0.05) is 12.1 Å². The van der Waals surface area contributed by atoms with Crippen molar-refractivity contribution in [2.24, 2.45) is 0 Å². The van der Waals surface area contributed by atoms with Crippen LogP contribution in [0.5, 0.6) is 0 Å². The highest BCUT2D eigenvalue weighted by Crippen LogP contribution is 2.31. The molecule has 0 aliphatic heterocycles. The Morgan fingerprint density at radius 2 is 2.17 bits per heavy atom. The molecule has 0 saturated heterocycles. The van der Waals surface area contributed by atoms with Crippen molar-refractivity contribution < 1.29 is 0 Å². The molecule has 0 radical (unpaired) electrons. The van der Waals surface area contributed by atoms with E-state index in [0.29, 0.717) is 5.65 Å². The van der Waals surface area contributed by atoms with Crippen LogP contribution in [0.25, 0.3) is 22.3 Å². The smallest absolute Gasteiger partial charge is 0.185 e. The molecule has 0 aliphatic carbocycles. The lowest BCUT2D eigenvalue weighted by atomic mass is 10.1. The molecule has 2 aromatic heterocycles. The van der Waals surface area contributed by atoms with Crippen LogP contribution in [0.4, 0.5) is 5.69 Å². The highest BCUT2D eigenvalue weighted by atomic mass is 32.2. The minimum Gasteiger partial charge on any atom is -0.399 e. The fraction of sp³-hybridized carbons (Fsp3) is 0.0833. The maximum absolute atomic E-state index is 5.81. The number of fused-ring (bicyclic) bond motifs is 1. The molecule has 5 nitrogen and oxygen atoms in total. The second kappa shape index (κ2) is 4.30. The third-order valence-electron chi connectivity index (χ3n) is 2.68. The van der Waals surface area contributed by atoms with E-state index >= 15 is 0 Å². The van der Waals surface area contributed by atoms with Crippen LogP contribution >= 0.6 is 11.8 Å². The Morgan fingerprint density at radius 1 is 1.28 bits per heavy atom. The molecule has 0 fully saturated rings. The lowest BCUT2D eigenvalue weighted by Crippen LogP contribution is -1.87. The summed E-state index contributed by atoms with van der Waals surface area (Å²) in [5, 5.41) is 9.06. The van der Waals surface area contributed by atoms with E-state index in [1.807, 2.05) is 30.5 Å². The average Bonchev–Trinajstić information content (AvgIpc) is 2.82. The number of aromatic amines is 1. The zero-order chi connectivity index (χ0) is 12.5. The van der Waals surface area contributed by atoms with Gasteiger partial charge in [0.05, 0.1) is 11.1 Å². The normalized spacial score (nSPS) is 10.9. The van der Waals surface area contributed by atoms with Crippen molar-refractivity contribution in [3.05, 3.63) is 30.6 Å².